The molecule has 0 amide bonds. The molecule has 0 unspecified atom stereocenters. The van der Waals surface area contributed by atoms with Crippen molar-refractivity contribution in [2.45, 2.75) is 0 Å². The Bertz CT molecular complexity index is 323. The van der Waals surface area contributed by atoms with Crippen LogP contribution in [-0.4, -0.2) is 12.9 Å². The summed E-state index contributed by atoms with van der Waals surface area (Å²) in [6, 6.07) is 4.67. The normalized spacial score (nSPS) is 11.8. The molecule has 4 heteroatoms. The third-order valence-electron chi connectivity index (χ3n) is 1.36. The van der Waals surface area contributed by atoms with E-state index in [1.807, 2.05) is 0 Å². The lowest BCUT2D eigenvalue weighted by Crippen LogP contribution is -2.18. The molecular weight excluding hydrogens is 197 g/mol. The topological polar surface area (TPSA) is 35.4 Å². The maximum atomic E-state index is 11.1. The van der Waals surface area contributed by atoms with Gasteiger partial charge in [-0.25, -0.2) is 0 Å². The van der Waals surface area contributed by atoms with E-state index in [9.17, 15) is 5.11 Å². The molecule has 12 heavy (non-hydrogen) atoms. The monoisotopic (exact) mass is 202 g/mol. The lowest BCUT2D eigenvalue weighted by Gasteiger charge is -2.10. The van der Waals surface area contributed by atoms with E-state index in [0.29, 0.717) is 15.6 Å². The Kier molecular flexibility index (Phi) is 2.95. The largest absolute Gasteiger partial charge is 0.858 e. The Morgan fingerprint density at radius 1 is 1.42 bits per heavy atom. The van der Waals surface area contributed by atoms with Crippen LogP contribution in [0.5, 0.6) is 0 Å². The molecule has 0 radical (unpaired) electrons. The summed E-state index contributed by atoms with van der Waals surface area (Å²) >= 11 is 11.4. The zero-order valence-electron chi connectivity index (χ0n) is 6.34. The van der Waals surface area contributed by atoms with Gasteiger partial charge in [-0.2, -0.15) is 0 Å². The van der Waals surface area contributed by atoms with Gasteiger partial charge < -0.3 is 10.1 Å². The van der Waals surface area contributed by atoms with E-state index < -0.39 is 0 Å². The van der Waals surface area contributed by atoms with Gasteiger partial charge in [0.25, 0.3) is 0 Å². The van der Waals surface area contributed by atoms with Crippen molar-refractivity contribution in [2.24, 2.45) is 4.99 Å². The number of rotatable bonds is 1. The standard InChI is InChI=1S/C8H7Cl2NO/c1-11-8(12)6-3-2-5(9)4-7(6)10/h2-4H,1H3,(H,11,12)/p-1. The van der Waals surface area contributed by atoms with Gasteiger partial charge in [0.2, 0.25) is 0 Å². The van der Waals surface area contributed by atoms with Gasteiger partial charge >= 0.3 is 0 Å². The molecule has 1 aromatic carbocycles. The van der Waals surface area contributed by atoms with E-state index in [0.717, 1.165) is 0 Å². The molecule has 1 aromatic rings. The fourth-order valence-corrected chi connectivity index (χ4v) is 1.27. The second-order valence-corrected chi connectivity index (χ2v) is 3.00. The van der Waals surface area contributed by atoms with Crippen molar-refractivity contribution < 1.29 is 5.11 Å². The molecule has 0 aliphatic heterocycles. The minimum atomic E-state index is -0.336. The lowest BCUT2D eigenvalue weighted by atomic mass is 10.2. The van der Waals surface area contributed by atoms with Crippen LogP contribution in [-0.2, 0) is 0 Å². The van der Waals surface area contributed by atoms with Crippen molar-refractivity contribution in [3.63, 3.8) is 0 Å². The zero-order chi connectivity index (χ0) is 9.14. The van der Waals surface area contributed by atoms with Gasteiger partial charge in [-0.15, -0.1) is 0 Å². The zero-order valence-corrected chi connectivity index (χ0v) is 7.86. The summed E-state index contributed by atoms with van der Waals surface area (Å²) in [5.74, 6) is -0.336. The molecule has 0 aromatic heterocycles. The van der Waals surface area contributed by atoms with Crippen LogP contribution in [0.15, 0.2) is 23.2 Å². The summed E-state index contributed by atoms with van der Waals surface area (Å²) in [4.78, 5) is 3.48. The van der Waals surface area contributed by atoms with E-state index in [-0.39, 0.29) is 5.90 Å². The summed E-state index contributed by atoms with van der Waals surface area (Å²) in [5, 5.41) is 11.9. The summed E-state index contributed by atoms with van der Waals surface area (Å²) in [7, 11) is 1.42. The molecule has 0 aliphatic rings. The second kappa shape index (κ2) is 3.78. The number of nitrogens with zero attached hydrogens (tertiary/aromatic N) is 1. The van der Waals surface area contributed by atoms with Gasteiger partial charge in [-0.3, -0.25) is 0 Å². The van der Waals surface area contributed by atoms with Crippen LogP contribution in [0.25, 0.3) is 0 Å². The van der Waals surface area contributed by atoms with E-state index in [2.05, 4.69) is 4.99 Å². The third kappa shape index (κ3) is 1.90. The average molecular weight is 203 g/mol. The van der Waals surface area contributed by atoms with E-state index in [1.54, 1.807) is 12.1 Å². The Balaban J connectivity index is 3.18. The van der Waals surface area contributed by atoms with Gasteiger partial charge in [0.05, 0.1) is 5.02 Å². The highest BCUT2D eigenvalue weighted by Crippen LogP contribution is 2.20. The minimum absolute atomic E-state index is 0.332. The Labute approximate surface area is 80.5 Å². The molecule has 0 bridgehead atoms. The van der Waals surface area contributed by atoms with Crippen LogP contribution < -0.4 is 5.11 Å². The van der Waals surface area contributed by atoms with Crippen molar-refractivity contribution in [3.8, 4) is 0 Å². The quantitative estimate of drug-likeness (QED) is 0.505. The van der Waals surface area contributed by atoms with Crippen LogP contribution in [0.2, 0.25) is 10.0 Å². The number of halogens is 2. The lowest BCUT2D eigenvalue weighted by molar-refractivity contribution is -0.212. The van der Waals surface area contributed by atoms with Crippen molar-refractivity contribution in [2.75, 3.05) is 7.05 Å². The molecule has 0 aliphatic carbocycles. The number of hydrogen-bond acceptors (Lipinski definition) is 2. The molecule has 0 saturated carbocycles. The molecular formula is C8H6Cl2NO-. The average Bonchev–Trinajstić information content (AvgIpc) is 2.03. The van der Waals surface area contributed by atoms with Gasteiger partial charge in [-0.1, -0.05) is 29.3 Å². The fourth-order valence-electron chi connectivity index (χ4n) is 0.783. The van der Waals surface area contributed by atoms with E-state index in [1.165, 1.54) is 13.1 Å². The van der Waals surface area contributed by atoms with Crippen LogP contribution in [0.4, 0.5) is 0 Å². The Morgan fingerprint density at radius 3 is 2.58 bits per heavy atom. The first-order valence-corrected chi connectivity index (χ1v) is 4.00. The maximum absolute atomic E-state index is 11.1. The van der Waals surface area contributed by atoms with Crippen LogP contribution in [0, 0.1) is 0 Å². The van der Waals surface area contributed by atoms with Gasteiger partial charge in [0.15, 0.2) is 0 Å². The van der Waals surface area contributed by atoms with Crippen molar-refractivity contribution >= 4 is 29.1 Å². The summed E-state index contributed by atoms with van der Waals surface area (Å²) in [6.07, 6.45) is 0. The first-order chi connectivity index (χ1) is 5.65. The second-order valence-electron chi connectivity index (χ2n) is 2.15. The van der Waals surface area contributed by atoms with Crippen molar-refractivity contribution in [1.82, 2.24) is 0 Å². The molecule has 0 N–H and O–H groups in total. The first-order valence-electron chi connectivity index (χ1n) is 3.24. The van der Waals surface area contributed by atoms with E-state index in [4.69, 9.17) is 23.2 Å². The molecule has 0 atom stereocenters. The summed E-state index contributed by atoms with van der Waals surface area (Å²) < 4.78 is 0. The molecule has 0 heterocycles. The minimum Gasteiger partial charge on any atom is -0.858 e. The number of benzene rings is 1. The highest BCUT2D eigenvalue weighted by molar-refractivity contribution is 6.36. The molecule has 64 valence electrons. The fraction of sp³-hybridized carbons (Fsp3) is 0.125. The van der Waals surface area contributed by atoms with Crippen molar-refractivity contribution in [1.29, 1.82) is 0 Å². The molecule has 0 saturated heterocycles. The highest BCUT2D eigenvalue weighted by Gasteiger charge is 1.99. The Morgan fingerprint density at radius 2 is 2.08 bits per heavy atom. The first kappa shape index (κ1) is 9.36. The molecule has 0 spiro atoms. The van der Waals surface area contributed by atoms with Gasteiger partial charge in [-0.05, 0) is 18.0 Å². The molecule has 2 nitrogen and oxygen atoms in total. The smallest absolute Gasteiger partial charge is 0.0502 e. The SMILES string of the molecule is CN=C([O-])c1ccc(Cl)cc1Cl. The summed E-state index contributed by atoms with van der Waals surface area (Å²) in [5.41, 5.74) is 0.378. The Hall–Kier alpha value is -0.730. The predicted octanol–water partition coefficient (Wildman–Crippen LogP) is 1.73. The number of aliphatic imine (C=N–C) groups is 1. The van der Waals surface area contributed by atoms with Crippen LogP contribution in [0.1, 0.15) is 5.56 Å². The van der Waals surface area contributed by atoms with Crippen LogP contribution in [0.3, 0.4) is 0 Å². The van der Waals surface area contributed by atoms with E-state index >= 15 is 0 Å². The number of hydrogen-bond donors (Lipinski definition) is 0. The highest BCUT2D eigenvalue weighted by atomic mass is 35.5. The summed E-state index contributed by atoms with van der Waals surface area (Å²) in [6.45, 7) is 0. The predicted molar refractivity (Wildman–Crippen MR) is 48.9 cm³/mol. The van der Waals surface area contributed by atoms with Crippen LogP contribution >= 0.6 is 23.2 Å². The molecule has 0 fully saturated rings. The third-order valence-corrected chi connectivity index (χ3v) is 1.91. The molecule has 1 rings (SSSR count). The van der Waals surface area contributed by atoms with Gasteiger partial charge in [0.1, 0.15) is 0 Å². The maximum Gasteiger partial charge on any atom is 0.0502 e. The van der Waals surface area contributed by atoms with Gasteiger partial charge in [0, 0.05) is 17.6 Å². The van der Waals surface area contributed by atoms with Crippen molar-refractivity contribution in [3.05, 3.63) is 33.8 Å².